The number of ether oxygens (including phenoxy) is 4. The second-order valence-electron chi connectivity index (χ2n) is 9.55. The quantitative estimate of drug-likeness (QED) is 0.167. The lowest BCUT2D eigenvalue weighted by Crippen LogP contribution is -2.35. The lowest BCUT2D eigenvalue weighted by Gasteiger charge is -2.31. The van der Waals surface area contributed by atoms with E-state index in [1.807, 2.05) is 18.3 Å². The van der Waals surface area contributed by atoms with Crippen molar-refractivity contribution in [2.45, 2.75) is 26.3 Å². The zero-order valence-electron chi connectivity index (χ0n) is 23.9. The first-order valence-electron chi connectivity index (χ1n) is 13.7. The number of para-hydroxylation sites is 1. The number of esters is 2. The summed E-state index contributed by atoms with van der Waals surface area (Å²) in [5.41, 5.74) is 4.20. The van der Waals surface area contributed by atoms with Crippen LogP contribution < -0.4 is 10.6 Å². The van der Waals surface area contributed by atoms with E-state index in [2.05, 4.69) is 27.8 Å². The minimum atomic E-state index is -0.873. The Balaban J connectivity index is 1.38. The topological polar surface area (TPSA) is 111 Å². The lowest BCUT2D eigenvalue weighted by molar-refractivity contribution is -0.139. The van der Waals surface area contributed by atoms with E-state index >= 15 is 0 Å². The Morgan fingerprint density at radius 2 is 1.76 bits per heavy atom. The number of aromatic nitrogens is 1. The monoisotopic (exact) mass is 615 g/mol. The molecule has 0 fully saturated rings. The molecule has 0 radical (unpaired) electrons. The summed E-state index contributed by atoms with van der Waals surface area (Å²) in [6.45, 7) is 6.22. The molecule has 2 heterocycles. The van der Waals surface area contributed by atoms with Gasteiger partial charge in [0.15, 0.2) is 0 Å². The van der Waals surface area contributed by atoms with E-state index in [9.17, 15) is 9.59 Å². The highest BCUT2D eigenvalue weighted by Gasteiger charge is 2.40. The van der Waals surface area contributed by atoms with E-state index in [0.717, 1.165) is 12.1 Å². The number of methoxy groups -OCH3 is 1. The van der Waals surface area contributed by atoms with Gasteiger partial charge in [-0.2, -0.15) is 0 Å². The van der Waals surface area contributed by atoms with Crippen LogP contribution in [0, 0.1) is 0 Å². The first-order valence-corrected chi connectivity index (χ1v) is 14.4. The SMILES string of the molecule is CCOC(=O)C1=C(COCCOCCNCc2c[nH]c3ccccc23)NC(C)=C(C(=O)OC)C1c1cccc(Cl)c1Cl. The number of nitrogens with one attached hydrogen (secondary N) is 3. The highest BCUT2D eigenvalue weighted by atomic mass is 35.5. The van der Waals surface area contributed by atoms with Crippen molar-refractivity contribution < 1.29 is 28.5 Å². The number of carbonyl (C=O) groups excluding carboxylic acids is 2. The largest absolute Gasteiger partial charge is 0.466 e. The van der Waals surface area contributed by atoms with Gasteiger partial charge in [-0.3, -0.25) is 0 Å². The second-order valence-corrected chi connectivity index (χ2v) is 10.3. The normalized spacial score (nSPS) is 15.2. The zero-order valence-corrected chi connectivity index (χ0v) is 25.4. The van der Waals surface area contributed by atoms with Crippen molar-refractivity contribution >= 4 is 46.0 Å². The fraction of sp³-hybridized carbons (Fsp3) is 0.355. The van der Waals surface area contributed by atoms with Gasteiger partial charge in [0, 0.05) is 35.9 Å². The molecule has 1 aromatic heterocycles. The summed E-state index contributed by atoms with van der Waals surface area (Å²) in [7, 11) is 1.28. The van der Waals surface area contributed by atoms with E-state index < -0.39 is 17.9 Å². The van der Waals surface area contributed by atoms with Gasteiger partial charge in [0.1, 0.15) is 0 Å². The molecule has 9 nitrogen and oxygen atoms in total. The number of aromatic amines is 1. The van der Waals surface area contributed by atoms with Crippen LogP contribution in [0.2, 0.25) is 10.0 Å². The molecule has 3 N–H and O–H groups in total. The van der Waals surface area contributed by atoms with Gasteiger partial charge in [0.05, 0.1) is 73.0 Å². The highest BCUT2D eigenvalue weighted by molar-refractivity contribution is 6.42. The molecule has 1 atom stereocenters. The standard InChI is InChI=1S/C31H35Cl2N3O6/c1-4-42-31(38)28-25(36-19(2)26(30(37)39-3)27(28)22-9-7-10-23(32)29(22)33)18-41-15-14-40-13-12-34-16-20-17-35-24-11-6-5-8-21(20)24/h5-11,17,27,34-36H,4,12-16,18H2,1-3H3. The highest BCUT2D eigenvalue weighted by Crippen LogP contribution is 2.43. The molecule has 1 aliphatic heterocycles. The lowest BCUT2D eigenvalue weighted by atomic mass is 9.80. The van der Waals surface area contributed by atoms with E-state index in [4.69, 9.17) is 42.1 Å². The summed E-state index contributed by atoms with van der Waals surface area (Å²) >= 11 is 12.9. The van der Waals surface area contributed by atoms with Crippen LogP contribution in [-0.2, 0) is 35.1 Å². The molecule has 0 saturated heterocycles. The predicted octanol–water partition coefficient (Wildman–Crippen LogP) is 5.25. The van der Waals surface area contributed by atoms with Crippen LogP contribution >= 0.6 is 23.2 Å². The molecule has 0 spiro atoms. The van der Waals surface area contributed by atoms with Crippen molar-refractivity contribution in [1.82, 2.24) is 15.6 Å². The van der Waals surface area contributed by atoms with Crippen LogP contribution in [0.1, 0.15) is 30.9 Å². The van der Waals surface area contributed by atoms with Crippen molar-refractivity contribution in [3.05, 3.63) is 92.4 Å². The zero-order chi connectivity index (χ0) is 30.1. The van der Waals surface area contributed by atoms with Crippen LogP contribution in [0.3, 0.4) is 0 Å². The molecule has 3 aromatic rings. The van der Waals surface area contributed by atoms with Gasteiger partial charge in [-0.25, -0.2) is 9.59 Å². The molecule has 1 unspecified atom stereocenters. The fourth-order valence-electron chi connectivity index (χ4n) is 4.93. The summed E-state index contributed by atoms with van der Waals surface area (Å²) in [5.74, 6) is -2.08. The van der Waals surface area contributed by atoms with Crippen LogP contribution in [0.4, 0.5) is 0 Å². The molecule has 0 amide bonds. The average Bonchev–Trinajstić information content (AvgIpc) is 3.40. The maximum atomic E-state index is 13.3. The van der Waals surface area contributed by atoms with Crippen molar-refractivity contribution in [2.24, 2.45) is 0 Å². The number of allylic oxidation sites excluding steroid dienone is 1. The maximum Gasteiger partial charge on any atom is 0.336 e. The van der Waals surface area contributed by atoms with Gasteiger partial charge >= 0.3 is 11.9 Å². The molecule has 4 rings (SSSR count). The molecule has 0 aliphatic carbocycles. The Hall–Kier alpha value is -3.34. The Bertz CT molecular complexity index is 1480. The number of hydrogen-bond acceptors (Lipinski definition) is 8. The third-order valence-electron chi connectivity index (χ3n) is 6.87. The Kier molecular flexibility index (Phi) is 11.5. The van der Waals surface area contributed by atoms with Crippen LogP contribution in [0.5, 0.6) is 0 Å². The van der Waals surface area contributed by atoms with E-state index in [1.165, 1.54) is 18.1 Å². The summed E-state index contributed by atoms with van der Waals surface area (Å²) in [5, 5.41) is 8.27. The summed E-state index contributed by atoms with van der Waals surface area (Å²) < 4.78 is 22.0. The second kappa shape index (κ2) is 15.2. The van der Waals surface area contributed by atoms with Gasteiger partial charge in [0.2, 0.25) is 0 Å². The van der Waals surface area contributed by atoms with Crippen molar-refractivity contribution in [1.29, 1.82) is 0 Å². The molecule has 224 valence electrons. The number of rotatable bonds is 14. The third-order valence-corrected chi connectivity index (χ3v) is 7.70. The van der Waals surface area contributed by atoms with E-state index in [0.29, 0.717) is 48.3 Å². The van der Waals surface area contributed by atoms with Gasteiger partial charge in [-0.15, -0.1) is 0 Å². The first-order chi connectivity index (χ1) is 20.4. The number of halogens is 2. The molecule has 1 aliphatic rings. The molecule has 42 heavy (non-hydrogen) atoms. The van der Waals surface area contributed by atoms with Crippen molar-refractivity contribution in [3.63, 3.8) is 0 Å². The number of H-pyrrole nitrogens is 1. The van der Waals surface area contributed by atoms with Crippen LogP contribution in [0.25, 0.3) is 10.9 Å². The minimum absolute atomic E-state index is 0.0524. The van der Waals surface area contributed by atoms with E-state index in [-0.39, 0.29) is 29.4 Å². The molecular weight excluding hydrogens is 581 g/mol. The van der Waals surface area contributed by atoms with Crippen LogP contribution in [0.15, 0.2) is 71.2 Å². The van der Waals surface area contributed by atoms with Gasteiger partial charge in [-0.1, -0.05) is 53.5 Å². The van der Waals surface area contributed by atoms with E-state index in [1.54, 1.807) is 32.0 Å². The predicted molar refractivity (Wildman–Crippen MR) is 162 cm³/mol. The molecule has 0 bridgehead atoms. The number of benzene rings is 2. The number of carbonyl (C=O) groups is 2. The number of dihydropyridines is 1. The smallest absolute Gasteiger partial charge is 0.336 e. The van der Waals surface area contributed by atoms with Crippen LogP contribution in [-0.4, -0.2) is 63.6 Å². The van der Waals surface area contributed by atoms with Gasteiger partial charge < -0.3 is 34.6 Å². The first kappa shape index (κ1) is 31.6. The van der Waals surface area contributed by atoms with Gasteiger partial charge in [-0.05, 0) is 37.1 Å². The van der Waals surface area contributed by atoms with Gasteiger partial charge in [0.25, 0.3) is 0 Å². The molecule has 2 aromatic carbocycles. The number of hydrogen-bond donors (Lipinski definition) is 3. The summed E-state index contributed by atoms with van der Waals surface area (Å²) in [6.07, 6.45) is 2.01. The summed E-state index contributed by atoms with van der Waals surface area (Å²) in [4.78, 5) is 29.5. The molecule has 11 heteroatoms. The van der Waals surface area contributed by atoms with Crippen molar-refractivity contribution in [3.8, 4) is 0 Å². The number of fused-ring (bicyclic) bond motifs is 1. The average molecular weight is 617 g/mol. The van der Waals surface area contributed by atoms with Crippen molar-refractivity contribution in [2.75, 3.05) is 46.7 Å². The minimum Gasteiger partial charge on any atom is -0.466 e. The summed E-state index contributed by atoms with van der Waals surface area (Å²) in [6, 6.07) is 13.3. The Morgan fingerprint density at radius 3 is 2.55 bits per heavy atom. The molecular formula is C31H35Cl2N3O6. The molecule has 0 saturated carbocycles. The Morgan fingerprint density at radius 1 is 0.976 bits per heavy atom. The maximum absolute atomic E-state index is 13.3. The fourth-order valence-corrected chi connectivity index (χ4v) is 5.35. The third kappa shape index (κ3) is 7.35. The Labute approximate surface area is 255 Å².